The van der Waals surface area contributed by atoms with Crippen molar-refractivity contribution in [3.63, 3.8) is 0 Å². The Kier molecular flexibility index (Phi) is 5.28. The van der Waals surface area contributed by atoms with Gasteiger partial charge < -0.3 is 5.73 Å². The highest BCUT2D eigenvalue weighted by molar-refractivity contribution is 7.98. The van der Waals surface area contributed by atoms with Crippen molar-refractivity contribution in [1.82, 2.24) is 0 Å². The van der Waals surface area contributed by atoms with Crippen LogP contribution in [0.2, 0.25) is 0 Å². The SMILES string of the molecule is CSCCCN=C(N)C1CCCC1. The topological polar surface area (TPSA) is 38.4 Å². The van der Waals surface area contributed by atoms with Crippen molar-refractivity contribution >= 4 is 17.6 Å². The normalized spacial score (nSPS) is 19.6. The first kappa shape index (κ1) is 10.9. The van der Waals surface area contributed by atoms with E-state index in [9.17, 15) is 0 Å². The van der Waals surface area contributed by atoms with E-state index in [0.29, 0.717) is 5.92 Å². The van der Waals surface area contributed by atoms with E-state index in [0.717, 1.165) is 18.8 Å². The Labute approximate surface area is 85.4 Å². The minimum Gasteiger partial charge on any atom is -0.387 e. The quantitative estimate of drug-likeness (QED) is 0.420. The molecule has 2 N–H and O–H groups in total. The summed E-state index contributed by atoms with van der Waals surface area (Å²) in [4.78, 5) is 4.42. The molecule has 3 heteroatoms. The van der Waals surface area contributed by atoms with Gasteiger partial charge >= 0.3 is 0 Å². The fraction of sp³-hybridized carbons (Fsp3) is 0.900. The molecule has 0 unspecified atom stereocenters. The summed E-state index contributed by atoms with van der Waals surface area (Å²) in [5.74, 6) is 2.72. The molecule has 0 aromatic heterocycles. The van der Waals surface area contributed by atoms with E-state index in [2.05, 4.69) is 11.2 Å². The molecule has 0 spiro atoms. The van der Waals surface area contributed by atoms with Crippen LogP contribution in [-0.4, -0.2) is 24.4 Å². The molecule has 76 valence electrons. The zero-order valence-corrected chi connectivity index (χ0v) is 9.28. The Morgan fingerprint density at radius 3 is 2.77 bits per heavy atom. The first-order valence-electron chi connectivity index (χ1n) is 5.13. The van der Waals surface area contributed by atoms with Crippen LogP contribution >= 0.6 is 11.8 Å². The van der Waals surface area contributed by atoms with Gasteiger partial charge in [0.15, 0.2) is 0 Å². The molecule has 1 saturated carbocycles. The zero-order valence-electron chi connectivity index (χ0n) is 8.46. The molecular weight excluding hydrogens is 180 g/mol. The third-order valence-electron chi connectivity index (χ3n) is 2.57. The molecule has 0 aliphatic heterocycles. The Morgan fingerprint density at radius 2 is 2.15 bits per heavy atom. The van der Waals surface area contributed by atoms with E-state index in [1.54, 1.807) is 0 Å². The summed E-state index contributed by atoms with van der Waals surface area (Å²) >= 11 is 1.88. The van der Waals surface area contributed by atoms with Crippen LogP contribution in [0.1, 0.15) is 32.1 Å². The molecule has 1 aliphatic carbocycles. The molecule has 1 aliphatic rings. The number of hydrogen-bond donors (Lipinski definition) is 1. The lowest BCUT2D eigenvalue weighted by Crippen LogP contribution is -2.21. The highest BCUT2D eigenvalue weighted by atomic mass is 32.2. The highest BCUT2D eigenvalue weighted by Gasteiger charge is 2.17. The molecule has 0 aromatic carbocycles. The Balaban J connectivity index is 2.16. The number of thioether (sulfide) groups is 1. The van der Waals surface area contributed by atoms with Crippen molar-refractivity contribution in [3.8, 4) is 0 Å². The summed E-state index contributed by atoms with van der Waals surface area (Å²) in [5.41, 5.74) is 5.90. The second-order valence-corrected chi connectivity index (χ2v) is 4.62. The average molecular weight is 200 g/mol. The van der Waals surface area contributed by atoms with Gasteiger partial charge in [0.05, 0.1) is 5.84 Å². The van der Waals surface area contributed by atoms with Crippen molar-refractivity contribution < 1.29 is 0 Å². The van der Waals surface area contributed by atoms with Gasteiger partial charge in [-0.3, -0.25) is 4.99 Å². The van der Waals surface area contributed by atoms with E-state index >= 15 is 0 Å². The largest absolute Gasteiger partial charge is 0.387 e. The van der Waals surface area contributed by atoms with E-state index in [4.69, 9.17) is 5.73 Å². The predicted octanol–water partition coefficient (Wildman–Crippen LogP) is 2.29. The molecule has 0 atom stereocenters. The molecule has 0 amide bonds. The van der Waals surface area contributed by atoms with E-state index in [1.807, 2.05) is 11.8 Å². The van der Waals surface area contributed by atoms with Crippen molar-refractivity contribution in [3.05, 3.63) is 0 Å². The maximum atomic E-state index is 5.90. The van der Waals surface area contributed by atoms with Crippen LogP contribution in [0, 0.1) is 5.92 Å². The van der Waals surface area contributed by atoms with Crippen LogP contribution in [0.15, 0.2) is 4.99 Å². The standard InChI is InChI=1S/C10H20N2S/c1-13-8-4-7-12-10(11)9-5-2-3-6-9/h9H,2-8H2,1H3,(H2,11,12). The predicted molar refractivity (Wildman–Crippen MR) is 61.4 cm³/mol. The van der Waals surface area contributed by atoms with Gasteiger partial charge in [-0.15, -0.1) is 0 Å². The summed E-state index contributed by atoms with van der Waals surface area (Å²) < 4.78 is 0. The molecule has 0 heterocycles. The van der Waals surface area contributed by atoms with Crippen molar-refractivity contribution in [2.45, 2.75) is 32.1 Å². The summed E-state index contributed by atoms with van der Waals surface area (Å²) in [6, 6.07) is 0. The fourth-order valence-electron chi connectivity index (χ4n) is 1.77. The lowest BCUT2D eigenvalue weighted by molar-refractivity contribution is 0.714. The number of nitrogens with zero attached hydrogens (tertiary/aromatic N) is 1. The second-order valence-electron chi connectivity index (χ2n) is 3.63. The van der Waals surface area contributed by atoms with Gasteiger partial charge in [0.1, 0.15) is 0 Å². The number of nitrogens with two attached hydrogens (primary N) is 1. The molecule has 1 rings (SSSR count). The van der Waals surface area contributed by atoms with Crippen LogP contribution < -0.4 is 5.73 Å². The number of aliphatic imine (C=N–C) groups is 1. The first-order valence-corrected chi connectivity index (χ1v) is 6.52. The first-order chi connectivity index (χ1) is 6.34. The summed E-state index contributed by atoms with van der Waals surface area (Å²) in [7, 11) is 0. The zero-order chi connectivity index (χ0) is 9.52. The highest BCUT2D eigenvalue weighted by Crippen LogP contribution is 2.24. The van der Waals surface area contributed by atoms with Crippen LogP contribution in [0.25, 0.3) is 0 Å². The molecule has 13 heavy (non-hydrogen) atoms. The maximum Gasteiger partial charge on any atom is 0.0968 e. The average Bonchev–Trinajstić information content (AvgIpc) is 2.65. The van der Waals surface area contributed by atoms with Gasteiger partial charge in [0.25, 0.3) is 0 Å². The van der Waals surface area contributed by atoms with Crippen molar-refractivity contribution in [1.29, 1.82) is 0 Å². The van der Waals surface area contributed by atoms with Gasteiger partial charge in [-0.2, -0.15) is 11.8 Å². The van der Waals surface area contributed by atoms with Gasteiger partial charge in [0.2, 0.25) is 0 Å². The Bertz CT molecular complexity index is 162. The molecule has 1 fully saturated rings. The van der Waals surface area contributed by atoms with Crippen LogP contribution in [0.3, 0.4) is 0 Å². The third kappa shape index (κ3) is 4.03. The molecule has 0 saturated heterocycles. The minimum absolute atomic E-state index is 0.606. The maximum absolute atomic E-state index is 5.90. The third-order valence-corrected chi connectivity index (χ3v) is 3.27. The van der Waals surface area contributed by atoms with E-state index in [1.165, 1.54) is 31.4 Å². The fourth-order valence-corrected chi connectivity index (χ4v) is 2.19. The van der Waals surface area contributed by atoms with E-state index < -0.39 is 0 Å². The van der Waals surface area contributed by atoms with Crippen LogP contribution in [0.4, 0.5) is 0 Å². The smallest absolute Gasteiger partial charge is 0.0968 e. The van der Waals surface area contributed by atoms with Gasteiger partial charge in [-0.05, 0) is 31.3 Å². The molecule has 0 radical (unpaired) electrons. The van der Waals surface area contributed by atoms with E-state index in [-0.39, 0.29) is 0 Å². The monoisotopic (exact) mass is 200 g/mol. The minimum atomic E-state index is 0.606. The lowest BCUT2D eigenvalue weighted by Gasteiger charge is -2.07. The van der Waals surface area contributed by atoms with Crippen LogP contribution in [-0.2, 0) is 0 Å². The molecule has 0 aromatic rings. The number of hydrogen-bond acceptors (Lipinski definition) is 2. The lowest BCUT2D eigenvalue weighted by atomic mass is 10.1. The van der Waals surface area contributed by atoms with Gasteiger partial charge in [0, 0.05) is 12.5 Å². The number of amidine groups is 1. The van der Waals surface area contributed by atoms with Gasteiger partial charge in [-0.25, -0.2) is 0 Å². The molecular formula is C10H20N2S. The van der Waals surface area contributed by atoms with Crippen LogP contribution in [0.5, 0.6) is 0 Å². The summed E-state index contributed by atoms with van der Waals surface area (Å²) in [6.45, 7) is 0.920. The van der Waals surface area contributed by atoms with Gasteiger partial charge in [-0.1, -0.05) is 12.8 Å². The second kappa shape index (κ2) is 6.30. The summed E-state index contributed by atoms with van der Waals surface area (Å²) in [6.07, 6.45) is 8.49. The Hall–Kier alpha value is -0.180. The molecule has 2 nitrogen and oxygen atoms in total. The Morgan fingerprint density at radius 1 is 1.46 bits per heavy atom. The van der Waals surface area contributed by atoms with Crippen molar-refractivity contribution in [2.75, 3.05) is 18.6 Å². The summed E-state index contributed by atoms with van der Waals surface area (Å²) in [5, 5.41) is 0. The number of rotatable bonds is 5. The molecule has 0 bridgehead atoms. The van der Waals surface area contributed by atoms with Crippen molar-refractivity contribution in [2.24, 2.45) is 16.6 Å².